The molecule has 7 heterocycles. The predicted molar refractivity (Wildman–Crippen MR) is 215 cm³/mol. The summed E-state index contributed by atoms with van der Waals surface area (Å²) in [5.74, 6) is 2.51. The molecule has 0 amide bonds. The van der Waals surface area contributed by atoms with Crippen LogP contribution in [0.5, 0.6) is 17.6 Å². The first kappa shape index (κ1) is 37.5. The summed E-state index contributed by atoms with van der Waals surface area (Å²) >= 11 is 0. The molecule has 9 nitrogen and oxygen atoms in total. The Bertz CT molecular complexity index is 2270. The topological polar surface area (TPSA) is 95.9 Å². The fourth-order valence-corrected chi connectivity index (χ4v) is 16.4. The van der Waals surface area contributed by atoms with E-state index in [2.05, 4.69) is 68.1 Å². The first-order valence-electron chi connectivity index (χ1n) is 20.4. The molecule has 5 aliphatic heterocycles. The number of hydrogen-bond acceptors (Lipinski definition) is 9. The van der Waals surface area contributed by atoms with Crippen molar-refractivity contribution in [2.75, 3.05) is 37.7 Å². The van der Waals surface area contributed by atoms with E-state index >= 15 is 8.78 Å². The Kier molecular flexibility index (Phi) is 9.21. The van der Waals surface area contributed by atoms with E-state index in [1.807, 2.05) is 0 Å². The molecule has 4 aromatic rings. The van der Waals surface area contributed by atoms with Gasteiger partial charge < -0.3 is 24.8 Å². The van der Waals surface area contributed by atoms with Gasteiger partial charge in [0.1, 0.15) is 61.4 Å². The molecule has 13 heteroatoms. The van der Waals surface area contributed by atoms with E-state index in [0.717, 1.165) is 32.2 Å². The smallest absolute Gasteiger partial charge is 0.319 e. The molecule has 0 unspecified atom stereocenters. The first-order valence-corrected chi connectivity index (χ1v) is 22.6. The van der Waals surface area contributed by atoms with Crippen molar-refractivity contribution in [2.24, 2.45) is 0 Å². The van der Waals surface area contributed by atoms with Crippen LogP contribution in [-0.2, 0) is 0 Å². The molecular weight excluding hydrogens is 734 g/mol. The van der Waals surface area contributed by atoms with E-state index in [-0.39, 0.29) is 71.3 Å². The number of aromatic hydroxyl groups is 1. The molecule has 2 aromatic carbocycles. The van der Waals surface area contributed by atoms with Crippen molar-refractivity contribution in [2.45, 2.75) is 120 Å². The van der Waals surface area contributed by atoms with Gasteiger partial charge in [0.25, 0.3) is 0 Å². The Labute approximate surface area is 327 Å². The van der Waals surface area contributed by atoms with Gasteiger partial charge in [-0.3, -0.25) is 4.90 Å². The Morgan fingerprint density at radius 1 is 1.04 bits per heavy atom. The standard InChI is InChI=1S/C43H51F3N6O3Si/c1-23(2)56(24(3)4,25(5)6)15-12-30-32(45)10-8-26-16-29(53)17-31(35(26)30)38-37(46)39-36-40(52-20-28-9-11-33(47-28)34(52)21-54-41(36)48-38)50-42(49-39)55-22-43-13-7-14-51(43)19-27(44)18-43/h8,10,16-17,23-25,27-28,33-34,47,53H,7,9,11,13-14,18-22H2,1-6H3/t27-,28-,33+,34-,43+/m1/s1. The van der Waals surface area contributed by atoms with Gasteiger partial charge in [-0.15, -0.1) is 5.54 Å². The summed E-state index contributed by atoms with van der Waals surface area (Å²) in [7, 11) is -2.30. The number of rotatable bonds is 7. The summed E-state index contributed by atoms with van der Waals surface area (Å²) in [6.07, 6.45) is 3.18. The number of ether oxygens (including phenoxy) is 2. The third-order valence-corrected chi connectivity index (χ3v) is 20.0. The van der Waals surface area contributed by atoms with Crippen LogP contribution in [0, 0.1) is 23.1 Å². The number of nitrogens with one attached hydrogen (secondary N) is 1. The molecule has 56 heavy (non-hydrogen) atoms. The average Bonchev–Trinajstić information content (AvgIpc) is 3.79. The number of aromatic nitrogens is 3. The number of anilines is 1. The lowest BCUT2D eigenvalue weighted by molar-refractivity contribution is 0.107. The molecule has 4 saturated heterocycles. The number of halogens is 3. The number of benzene rings is 2. The summed E-state index contributed by atoms with van der Waals surface area (Å²) in [4.78, 5) is 18.8. The summed E-state index contributed by atoms with van der Waals surface area (Å²) in [6.45, 7) is 15.5. The van der Waals surface area contributed by atoms with Crippen LogP contribution in [0.3, 0.4) is 0 Å². The van der Waals surface area contributed by atoms with Gasteiger partial charge in [0, 0.05) is 42.5 Å². The molecule has 296 valence electrons. The molecule has 2 N–H and O–H groups in total. The maximum atomic E-state index is 17.6. The number of phenols is 1. The number of nitrogens with zero attached hydrogens (tertiary/aromatic N) is 5. The van der Waals surface area contributed by atoms with Gasteiger partial charge in [0.05, 0.1) is 17.1 Å². The first-order chi connectivity index (χ1) is 26.8. The van der Waals surface area contributed by atoms with E-state index in [0.29, 0.717) is 58.1 Å². The SMILES string of the molecule is CC(C)[Si](C#Cc1c(F)ccc2cc(O)cc(-c3nc4c5c(nc(OC[C@@]67CCCN6C[C@H](F)C7)nc5c3F)N3C[C@H]5CC[C@H](N5)[C@H]3CO4)c12)(C(C)C)C(C)C. The molecule has 2 bridgehead atoms. The predicted octanol–water partition coefficient (Wildman–Crippen LogP) is 8.06. The molecule has 0 aliphatic carbocycles. The van der Waals surface area contributed by atoms with Crippen LogP contribution in [0.1, 0.15) is 79.2 Å². The van der Waals surface area contributed by atoms with Gasteiger partial charge in [0.15, 0.2) is 5.82 Å². The fourth-order valence-electron chi connectivity index (χ4n) is 11.1. The second kappa shape index (κ2) is 13.8. The molecule has 0 radical (unpaired) electrons. The number of phenolic OH excluding ortho intramolecular Hbond substituents is 1. The summed E-state index contributed by atoms with van der Waals surface area (Å²) < 4.78 is 61.4. The molecule has 0 saturated carbocycles. The van der Waals surface area contributed by atoms with Crippen molar-refractivity contribution in [1.82, 2.24) is 25.2 Å². The Morgan fingerprint density at radius 2 is 1.82 bits per heavy atom. The monoisotopic (exact) mass is 784 g/mol. The average molecular weight is 785 g/mol. The highest BCUT2D eigenvalue weighted by atomic mass is 28.3. The van der Waals surface area contributed by atoms with Crippen molar-refractivity contribution in [3.05, 3.63) is 41.5 Å². The highest BCUT2D eigenvalue weighted by Gasteiger charge is 2.50. The van der Waals surface area contributed by atoms with E-state index in [4.69, 9.17) is 24.4 Å². The van der Waals surface area contributed by atoms with Gasteiger partial charge in [-0.2, -0.15) is 9.97 Å². The molecule has 5 atom stereocenters. The minimum Gasteiger partial charge on any atom is -0.508 e. The largest absolute Gasteiger partial charge is 0.508 e. The maximum absolute atomic E-state index is 17.6. The van der Waals surface area contributed by atoms with Crippen molar-refractivity contribution >= 4 is 35.6 Å². The van der Waals surface area contributed by atoms with Crippen molar-refractivity contribution < 1.29 is 27.8 Å². The number of hydrogen-bond donors (Lipinski definition) is 2. The van der Waals surface area contributed by atoms with Crippen LogP contribution >= 0.6 is 0 Å². The lowest BCUT2D eigenvalue weighted by atomic mass is 9.95. The van der Waals surface area contributed by atoms with Crippen LogP contribution in [0.2, 0.25) is 16.6 Å². The van der Waals surface area contributed by atoms with Gasteiger partial charge in [-0.1, -0.05) is 53.5 Å². The highest BCUT2D eigenvalue weighted by Crippen LogP contribution is 2.46. The zero-order chi connectivity index (χ0) is 39.3. The zero-order valence-corrected chi connectivity index (χ0v) is 34.1. The summed E-state index contributed by atoms with van der Waals surface area (Å²) in [5.41, 5.74) is 4.24. The van der Waals surface area contributed by atoms with Crippen molar-refractivity contribution in [1.29, 1.82) is 0 Å². The van der Waals surface area contributed by atoms with Crippen LogP contribution < -0.4 is 19.7 Å². The van der Waals surface area contributed by atoms with Crippen molar-refractivity contribution in [3.8, 4) is 40.4 Å². The fraction of sp³-hybridized carbons (Fsp3) is 0.558. The highest BCUT2D eigenvalue weighted by molar-refractivity contribution is 6.90. The molecule has 9 rings (SSSR count). The third kappa shape index (κ3) is 5.84. The molecule has 0 spiro atoms. The molecular formula is C43H51F3N6O3Si. The number of alkyl halides is 1. The zero-order valence-electron chi connectivity index (χ0n) is 33.1. The van der Waals surface area contributed by atoms with Crippen LogP contribution in [-0.4, -0.2) is 95.7 Å². The lowest BCUT2D eigenvalue weighted by Crippen LogP contribution is -2.60. The Hall–Kier alpha value is -4.12. The van der Waals surface area contributed by atoms with E-state index < -0.39 is 31.4 Å². The maximum Gasteiger partial charge on any atom is 0.319 e. The molecule has 4 fully saturated rings. The minimum atomic E-state index is -2.30. The van der Waals surface area contributed by atoms with Crippen LogP contribution in [0.15, 0.2) is 24.3 Å². The Balaban J connectivity index is 1.25. The normalized spacial score (nSPS) is 25.8. The van der Waals surface area contributed by atoms with E-state index in [9.17, 15) is 9.50 Å². The van der Waals surface area contributed by atoms with Gasteiger partial charge >= 0.3 is 6.01 Å². The van der Waals surface area contributed by atoms with E-state index in [1.54, 1.807) is 6.07 Å². The summed E-state index contributed by atoms with van der Waals surface area (Å²) in [6, 6.07) is 6.16. The lowest BCUT2D eigenvalue weighted by Gasteiger charge is -2.40. The molecule has 5 aliphatic rings. The second-order valence-electron chi connectivity index (χ2n) is 17.7. The van der Waals surface area contributed by atoms with Crippen LogP contribution in [0.25, 0.3) is 32.9 Å². The number of piperazine rings is 1. The van der Waals surface area contributed by atoms with Gasteiger partial charge in [0.2, 0.25) is 5.88 Å². The number of pyridine rings is 1. The number of fused-ring (bicyclic) bond motifs is 7. The van der Waals surface area contributed by atoms with E-state index in [1.165, 1.54) is 18.2 Å². The molecule has 2 aromatic heterocycles. The second-order valence-corrected chi connectivity index (χ2v) is 23.3. The van der Waals surface area contributed by atoms with Crippen LogP contribution in [0.4, 0.5) is 19.0 Å². The quantitative estimate of drug-likeness (QED) is 0.143. The van der Waals surface area contributed by atoms with Gasteiger partial charge in [-0.25, -0.2) is 18.2 Å². The van der Waals surface area contributed by atoms with Gasteiger partial charge in [-0.05, 0) is 72.4 Å². The third-order valence-electron chi connectivity index (χ3n) is 13.7. The summed E-state index contributed by atoms with van der Waals surface area (Å²) in [5, 5.41) is 16.0. The minimum absolute atomic E-state index is 0.000264. The van der Waals surface area contributed by atoms with Crippen molar-refractivity contribution in [3.63, 3.8) is 0 Å². The Morgan fingerprint density at radius 3 is 2.59 bits per heavy atom.